The van der Waals surface area contributed by atoms with Crippen LogP contribution in [0.4, 0.5) is 9.59 Å². The van der Waals surface area contributed by atoms with Crippen molar-refractivity contribution in [3.63, 3.8) is 0 Å². The van der Waals surface area contributed by atoms with Crippen LogP contribution in [0.3, 0.4) is 0 Å². The van der Waals surface area contributed by atoms with Gasteiger partial charge < -0.3 is 29.6 Å². The zero-order valence-electron chi connectivity index (χ0n) is 24.1. The van der Waals surface area contributed by atoms with Crippen LogP contribution in [0.1, 0.15) is 80.6 Å². The Morgan fingerprint density at radius 2 is 1.63 bits per heavy atom. The Balaban J connectivity index is 2.54. The van der Waals surface area contributed by atoms with Crippen molar-refractivity contribution in [2.75, 3.05) is 19.8 Å². The van der Waals surface area contributed by atoms with Crippen LogP contribution in [0.15, 0.2) is 24.5 Å². The molecule has 0 aromatic heterocycles. The van der Waals surface area contributed by atoms with E-state index in [1.54, 1.807) is 27.7 Å². The van der Waals surface area contributed by atoms with E-state index in [9.17, 15) is 19.2 Å². The molecule has 1 saturated carbocycles. The molecule has 2 amide bonds. The van der Waals surface area contributed by atoms with Gasteiger partial charge in [-0.15, -0.1) is 0 Å². The minimum Gasteiger partial charge on any atom is -0.462 e. The first-order valence-electron chi connectivity index (χ1n) is 13.0. The molecule has 1 rings (SSSR count). The lowest BCUT2D eigenvalue weighted by atomic mass is 9.60. The second kappa shape index (κ2) is 14.8. The highest BCUT2D eigenvalue weighted by Crippen LogP contribution is 2.49. The maximum Gasteiger partial charge on any atom is 0.407 e. The molecule has 216 valence electrons. The molecule has 10 nitrogen and oxygen atoms in total. The number of carbonyl (C=O) groups excluding carboxylic acids is 4. The largest absolute Gasteiger partial charge is 0.462 e. The van der Waals surface area contributed by atoms with Gasteiger partial charge >= 0.3 is 24.1 Å². The first-order valence-corrected chi connectivity index (χ1v) is 13.0. The number of ether oxygens (including phenoxy) is 4. The Hall–Kier alpha value is -3.04. The summed E-state index contributed by atoms with van der Waals surface area (Å²) in [5.74, 6) is -0.743. The van der Waals surface area contributed by atoms with Crippen LogP contribution in [-0.2, 0) is 28.5 Å². The van der Waals surface area contributed by atoms with Crippen LogP contribution < -0.4 is 10.6 Å². The van der Waals surface area contributed by atoms with Crippen molar-refractivity contribution in [3.8, 4) is 0 Å². The molecule has 10 heteroatoms. The summed E-state index contributed by atoms with van der Waals surface area (Å²) in [5, 5.41) is 5.41. The second-order valence-corrected chi connectivity index (χ2v) is 11.9. The molecule has 0 aliphatic heterocycles. The molecule has 2 N–H and O–H groups in total. The van der Waals surface area contributed by atoms with E-state index in [0.717, 1.165) is 12.8 Å². The molecule has 0 aromatic rings. The van der Waals surface area contributed by atoms with E-state index in [4.69, 9.17) is 18.9 Å². The van der Waals surface area contributed by atoms with Crippen molar-refractivity contribution >= 4 is 24.1 Å². The Kier molecular flexibility index (Phi) is 12.8. The molecular weight excluding hydrogens is 492 g/mol. The number of hydrogen-bond acceptors (Lipinski definition) is 8. The minimum absolute atomic E-state index is 0.0350. The van der Waals surface area contributed by atoms with Crippen molar-refractivity contribution in [1.29, 1.82) is 0 Å². The van der Waals surface area contributed by atoms with Crippen molar-refractivity contribution in [2.24, 2.45) is 16.7 Å². The lowest BCUT2D eigenvalue weighted by Gasteiger charge is -2.46. The van der Waals surface area contributed by atoms with E-state index in [-0.39, 0.29) is 54.6 Å². The molecule has 1 fully saturated rings. The first kappa shape index (κ1) is 33.0. The Morgan fingerprint density at radius 1 is 0.974 bits per heavy atom. The van der Waals surface area contributed by atoms with Gasteiger partial charge in [-0.3, -0.25) is 9.59 Å². The molecule has 38 heavy (non-hydrogen) atoms. The third-order valence-electron chi connectivity index (χ3n) is 5.91. The fourth-order valence-corrected chi connectivity index (χ4v) is 5.07. The van der Waals surface area contributed by atoms with Crippen LogP contribution in [0.5, 0.6) is 0 Å². The standard InChI is InChI=1S/C28H46N2O8/c1-18(2)10-23(31)35-14-21(6)38-25(33)29-17-28(9)13-22(12-27(7,8)16-28)11-24(32)37-20(5)15-36-26(34)30-19(3)4/h19,21-22H,1,5,10-17H2,2-4,6-9H3,(H,29,33)(H,30,34). The smallest absolute Gasteiger partial charge is 0.407 e. The third-order valence-corrected chi connectivity index (χ3v) is 5.91. The third kappa shape index (κ3) is 14.0. The van der Waals surface area contributed by atoms with Gasteiger partial charge in [0, 0.05) is 19.0 Å². The fourth-order valence-electron chi connectivity index (χ4n) is 5.07. The van der Waals surface area contributed by atoms with Crippen LogP contribution in [0.2, 0.25) is 0 Å². The van der Waals surface area contributed by atoms with Gasteiger partial charge in [0.25, 0.3) is 0 Å². The lowest BCUT2D eigenvalue weighted by molar-refractivity contribution is -0.145. The summed E-state index contributed by atoms with van der Waals surface area (Å²) < 4.78 is 20.7. The molecule has 3 unspecified atom stereocenters. The molecule has 0 bridgehead atoms. The SMILES string of the molecule is C=C(C)CC(=O)OCC(C)OC(=O)NCC1(C)CC(CC(=O)OC(=C)COC(=O)NC(C)C)CC(C)(C)C1. The predicted octanol–water partition coefficient (Wildman–Crippen LogP) is 5.02. The topological polar surface area (TPSA) is 129 Å². The molecule has 0 spiro atoms. The molecule has 1 aliphatic rings. The summed E-state index contributed by atoms with van der Waals surface area (Å²) in [6.07, 6.45) is 0.903. The Labute approximate surface area is 226 Å². The molecular formula is C28H46N2O8. The van der Waals surface area contributed by atoms with Crippen LogP contribution in [-0.4, -0.2) is 56.0 Å². The second-order valence-electron chi connectivity index (χ2n) is 11.9. The monoisotopic (exact) mass is 538 g/mol. The predicted molar refractivity (Wildman–Crippen MR) is 143 cm³/mol. The highest BCUT2D eigenvalue weighted by molar-refractivity contribution is 5.72. The maximum atomic E-state index is 12.6. The van der Waals surface area contributed by atoms with Gasteiger partial charge in [-0.05, 0) is 63.7 Å². The zero-order chi connectivity index (χ0) is 29.1. The zero-order valence-corrected chi connectivity index (χ0v) is 24.1. The summed E-state index contributed by atoms with van der Waals surface area (Å²) in [6, 6.07) is -0.0708. The van der Waals surface area contributed by atoms with Crippen molar-refractivity contribution in [2.45, 2.75) is 92.7 Å². The van der Waals surface area contributed by atoms with Crippen LogP contribution in [0, 0.1) is 16.7 Å². The van der Waals surface area contributed by atoms with Gasteiger partial charge in [0.1, 0.15) is 18.5 Å². The highest BCUT2D eigenvalue weighted by Gasteiger charge is 2.42. The van der Waals surface area contributed by atoms with E-state index >= 15 is 0 Å². The van der Waals surface area contributed by atoms with Crippen LogP contribution in [0.25, 0.3) is 0 Å². The average molecular weight is 539 g/mol. The quantitative estimate of drug-likeness (QED) is 0.145. The Morgan fingerprint density at radius 3 is 2.24 bits per heavy atom. The highest BCUT2D eigenvalue weighted by atomic mass is 16.6. The van der Waals surface area contributed by atoms with Crippen molar-refractivity contribution in [1.82, 2.24) is 10.6 Å². The van der Waals surface area contributed by atoms with Crippen molar-refractivity contribution in [3.05, 3.63) is 24.5 Å². The summed E-state index contributed by atoms with van der Waals surface area (Å²) in [4.78, 5) is 48.1. The number of hydrogen-bond donors (Lipinski definition) is 2. The normalized spacial score (nSPS) is 21.0. The summed E-state index contributed by atoms with van der Waals surface area (Å²) >= 11 is 0. The number of nitrogens with one attached hydrogen (secondary N) is 2. The molecule has 0 aromatic carbocycles. The maximum absolute atomic E-state index is 12.6. The molecule has 0 saturated heterocycles. The number of amides is 2. The number of esters is 2. The lowest BCUT2D eigenvalue weighted by Crippen LogP contribution is -2.44. The Bertz CT molecular complexity index is 882. The number of rotatable bonds is 13. The van der Waals surface area contributed by atoms with Gasteiger partial charge in [0.2, 0.25) is 0 Å². The summed E-state index contributed by atoms with van der Waals surface area (Å²) in [7, 11) is 0. The van der Waals surface area contributed by atoms with Gasteiger partial charge in [0.05, 0.1) is 6.42 Å². The van der Waals surface area contributed by atoms with E-state index in [0.29, 0.717) is 18.5 Å². The molecule has 3 atom stereocenters. The van der Waals surface area contributed by atoms with E-state index in [1.165, 1.54) is 0 Å². The summed E-state index contributed by atoms with van der Waals surface area (Å²) in [6.45, 7) is 20.8. The molecule has 1 aliphatic carbocycles. The van der Waals surface area contributed by atoms with Gasteiger partial charge in [-0.25, -0.2) is 9.59 Å². The van der Waals surface area contributed by atoms with E-state index < -0.39 is 30.2 Å². The molecule has 0 radical (unpaired) electrons. The molecule has 0 heterocycles. The fraction of sp³-hybridized carbons (Fsp3) is 0.714. The average Bonchev–Trinajstić information content (AvgIpc) is 2.72. The van der Waals surface area contributed by atoms with E-state index in [2.05, 4.69) is 44.6 Å². The number of alkyl carbamates (subject to hydrolysis) is 2. The van der Waals surface area contributed by atoms with E-state index in [1.807, 2.05) is 0 Å². The van der Waals surface area contributed by atoms with Crippen molar-refractivity contribution < 1.29 is 38.1 Å². The van der Waals surface area contributed by atoms with Gasteiger partial charge in [0.15, 0.2) is 6.61 Å². The summed E-state index contributed by atoms with van der Waals surface area (Å²) in [5.41, 5.74) is 0.378. The van der Waals surface area contributed by atoms with Gasteiger partial charge in [-0.2, -0.15) is 0 Å². The minimum atomic E-state index is -0.605. The first-order chi connectivity index (χ1) is 17.5. The van der Waals surface area contributed by atoms with Gasteiger partial charge in [-0.1, -0.05) is 39.5 Å². The number of carbonyl (C=O) groups is 4. The van der Waals surface area contributed by atoms with Crippen LogP contribution >= 0.6 is 0 Å².